The molecule has 0 bridgehead atoms. The topological polar surface area (TPSA) is 120 Å². The van der Waals surface area contributed by atoms with E-state index in [1.807, 2.05) is 36.4 Å². The van der Waals surface area contributed by atoms with Crippen LogP contribution in [0.4, 0.5) is 5.69 Å². The largest absolute Gasteiger partial charge is 0.493 e. The van der Waals surface area contributed by atoms with E-state index in [1.165, 1.54) is 6.92 Å². The van der Waals surface area contributed by atoms with Gasteiger partial charge in [-0.25, -0.2) is 0 Å². The van der Waals surface area contributed by atoms with Crippen molar-refractivity contribution in [1.29, 1.82) is 0 Å². The summed E-state index contributed by atoms with van der Waals surface area (Å²) in [5.41, 5.74) is 0.865. The van der Waals surface area contributed by atoms with Crippen LogP contribution in [0.5, 0.6) is 17.2 Å². The number of halogens is 1. The fraction of sp³-hybridized carbons (Fsp3) is 0.500. The average Bonchev–Trinajstić information content (AvgIpc) is 3.56. The molecule has 0 radical (unpaired) electrons. The molecule has 1 spiro atoms. The normalized spacial score (nSPS) is 20.4. The molecular weight excluding hydrogens is 596 g/mol. The Labute approximate surface area is 271 Å². The van der Waals surface area contributed by atoms with Crippen LogP contribution in [0.1, 0.15) is 57.9 Å². The van der Waals surface area contributed by atoms with E-state index in [9.17, 15) is 19.5 Å². The summed E-state index contributed by atoms with van der Waals surface area (Å²) in [6.07, 6.45) is 7.46. The zero-order valence-electron chi connectivity index (χ0n) is 26.3. The number of ether oxygens (including phenoxy) is 2. The number of aliphatic hydroxyl groups is 1. The number of hydrogen-bond acceptors (Lipinski definition) is 7. The van der Waals surface area contributed by atoms with Crippen LogP contribution in [0.25, 0.3) is 0 Å². The number of allylic oxidation sites excluding steroid dienone is 2. The highest BCUT2D eigenvalue weighted by atomic mass is 35.5. The van der Waals surface area contributed by atoms with Crippen LogP contribution in [0.3, 0.4) is 0 Å². The van der Waals surface area contributed by atoms with E-state index >= 15 is 0 Å². The third-order valence-corrected chi connectivity index (χ3v) is 9.09. The molecule has 5 rings (SSSR count). The summed E-state index contributed by atoms with van der Waals surface area (Å²) in [7, 11) is 1.55. The minimum absolute atomic E-state index is 0. The van der Waals surface area contributed by atoms with Gasteiger partial charge in [-0.05, 0) is 67.9 Å². The summed E-state index contributed by atoms with van der Waals surface area (Å²) in [5.74, 6) is 1.22. The number of benzene rings is 2. The first-order valence-electron chi connectivity index (χ1n) is 15.6. The van der Waals surface area contributed by atoms with Crippen LogP contribution < -0.4 is 20.1 Å². The van der Waals surface area contributed by atoms with Crippen molar-refractivity contribution < 1.29 is 29.0 Å². The van der Waals surface area contributed by atoms with E-state index in [4.69, 9.17) is 9.47 Å². The van der Waals surface area contributed by atoms with Gasteiger partial charge in [0, 0.05) is 44.9 Å². The zero-order valence-corrected chi connectivity index (χ0v) is 27.1. The number of aliphatic hydroxyl groups excluding tert-OH is 1. The molecule has 2 aromatic rings. The first-order chi connectivity index (χ1) is 21.2. The van der Waals surface area contributed by atoms with Gasteiger partial charge < -0.3 is 30.1 Å². The third-order valence-electron chi connectivity index (χ3n) is 9.09. The number of amides is 3. The maximum atomic E-state index is 13.8. The summed E-state index contributed by atoms with van der Waals surface area (Å²) in [6.45, 7) is 6.13. The number of hydrogen-bond donors (Lipinski definition) is 3. The van der Waals surface area contributed by atoms with Gasteiger partial charge in [0.25, 0.3) is 0 Å². The van der Waals surface area contributed by atoms with Crippen LogP contribution in [0.2, 0.25) is 0 Å². The second-order valence-corrected chi connectivity index (χ2v) is 12.1. The summed E-state index contributed by atoms with van der Waals surface area (Å²) < 4.78 is 11.5. The second kappa shape index (κ2) is 15.1. The summed E-state index contributed by atoms with van der Waals surface area (Å²) >= 11 is 0. The maximum absolute atomic E-state index is 13.8. The van der Waals surface area contributed by atoms with Crippen LogP contribution in [0.15, 0.2) is 54.6 Å². The molecule has 2 aromatic carbocycles. The highest BCUT2D eigenvalue weighted by Crippen LogP contribution is 2.37. The number of rotatable bonds is 11. The molecule has 3 aliphatic rings. The Hall–Kier alpha value is -3.60. The van der Waals surface area contributed by atoms with E-state index in [1.54, 1.807) is 30.2 Å². The van der Waals surface area contributed by atoms with Gasteiger partial charge in [-0.1, -0.05) is 37.6 Å². The predicted octanol–water partition coefficient (Wildman–Crippen LogP) is 4.66. The molecule has 1 aliphatic carbocycles. The van der Waals surface area contributed by atoms with Crippen molar-refractivity contribution >= 4 is 35.8 Å². The molecule has 2 heterocycles. The lowest BCUT2D eigenvalue weighted by molar-refractivity contribution is -0.165. The van der Waals surface area contributed by atoms with Crippen molar-refractivity contribution in [3.05, 3.63) is 60.2 Å². The van der Waals surface area contributed by atoms with Gasteiger partial charge in [-0.2, -0.15) is 0 Å². The molecular formula is C34H45ClN4O6. The third kappa shape index (κ3) is 7.62. The van der Waals surface area contributed by atoms with Crippen LogP contribution in [-0.4, -0.2) is 77.1 Å². The van der Waals surface area contributed by atoms with Gasteiger partial charge in [0.2, 0.25) is 17.7 Å². The van der Waals surface area contributed by atoms with Crippen molar-refractivity contribution in [2.75, 3.05) is 32.1 Å². The number of carbonyl (C=O) groups is 3. The fourth-order valence-electron chi connectivity index (χ4n) is 6.56. The van der Waals surface area contributed by atoms with E-state index in [0.717, 1.165) is 31.2 Å². The van der Waals surface area contributed by atoms with Crippen molar-refractivity contribution in [2.24, 2.45) is 5.92 Å². The van der Waals surface area contributed by atoms with Gasteiger partial charge in [0.15, 0.2) is 11.5 Å². The van der Waals surface area contributed by atoms with Crippen LogP contribution in [0, 0.1) is 5.92 Å². The Morgan fingerprint density at radius 1 is 1.09 bits per heavy atom. The molecule has 244 valence electrons. The molecule has 2 fully saturated rings. The summed E-state index contributed by atoms with van der Waals surface area (Å²) in [6, 6.07) is 12.2. The molecule has 10 nitrogen and oxygen atoms in total. The highest BCUT2D eigenvalue weighted by Gasteiger charge is 2.55. The van der Waals surface area contributed by atoms with Gasteiger partial charge in [-0.3, -0.25) is 19.3 Å². The molecule has 3 N–H and O–H groups in total. The number of anilines is 1. The minimum Gasteiger partial charge on any atom is -0.493 e. The number of carbonyl (C=O) groups excluding carboxylic acids is 3. The first-order valence-corrected chi connectivity index (χ1v) is 15.6. The lowest BCUT2D eigenvalue weighted by atomic mass is 9.79. The zero-order chi connectivity index (χ0) is 31.3. The molecule has 0 saturated carbocycles. The maximum Gasteiger partial charge on any atom is 0.248 e. The molecule has 2 saturated heterocycles. The quantitative estimate of drug-likeness (QED) is 0.306. The standard InChI is InChI=1S/C34H44N4O6.ClH/c1-4-5-18-38-32(41)30(31(40)25-8-6-7-9-25)36-33(42)34(38)16-19-37(20-17-34)22-24-10-13-27(14-11-24)44-28-15-12-26(35-23(2)39)21-29(28)43-3;/h6-7,10-15,21,25,30-31,40H,4-5,8-9,16-20,22H2,1-3H3,(H,35,39)(H,36,42);1H/t30-,31-;/m1./s1. The molecule has 11 heteroatoms. The number of nitrogens with zero attached hydrogens (tertiary/aromatic N) is 2. The minimum atomic E-state index is -0.890. The fourth-order valence-corrected chi connectivity index (χ4v) is 6.56. The number of piperazine rings is 1. The number of nitrogens with one attached hydrogen (secondary N) is 2. The lowest BCUT2D eigenvalue weighted by Gasteiger charge is -2.52. The van der Waals surface area contributed by atoms with Crippen molar-refractivity contribution in [3.8, 4) is 17.2 Å². The molecule has 0 aromatic heterocycles. The highest BCUT2D eigenvalue weighted by molar-refractivity contribution is 6.00. The average molecular weight is 641 g/mol. The van der Waals surface area contributed by atoms with Crippen molar-refractivity contribution in [1.82, 2.24) is 15.1 Å². The molecule has 45 heavy (non-hydrogen) atoms. The van der Waals surface area contributed by atoms with Crippen molar-refractivity contribution in [2.45, 2.75) is 76.6 Å². The van der Waals surface area contributed by atoms with Crippen LogP contribution in [-0.2, 0) is 20.9 Å². The number of unbranched alkanes of at least 4 members (excludes halogenated alkanes) is 1. The van der Waals surface area contributed by atoms with E-state index in [0.29, 0.717) is 62.0 Å². The van der Waals surface area contributed by atoms with E-state index < -0.39 is 17.7 Å². The van der Waals surface area contributed by atoms with Crippen LogP contribution >= 0.6 is 12.4 Å². The smallest absolute Gasteiger partial charge is 0.248 e. The summed E-state index contributed by atoms with van der Waals surface area (Å²) in [5, 5.41) is 16.7. The van der Waals surface area contributed by atoms with Crippen molar-refractivity contribution in [3.63, 3.8) is 0 Å². The molecule has 0 unspecified atom stereocenters. The molecule has 2 atom stereocenters. The first kappa shape index (κ1) is 34.3. The Morgan fingerprint density at radius 2 is 1.78 bits per heavy atom. The Kier molecular flexibility index (Phi) is 11.5. The monoisotopic (exact) mass is 640 g/mol. The van der Waals surface area contributed by atoms with Gasteiger partial charge in [-0.15, -0.1) is 12.4 Å². The summed E-state index contributed by atoms with van der Waals surface area (Å²) in [4.78, 5) is 42.9. The number of likely N-dealkylation sites (tertiary alicyclic amines) is 1. The second-order valence-electron chi connectivity index (χ2n) is 12.1. The van der Waals surface area contributed by atoms with Gasteiger partial charge >= 0.3 is 0 Å². The lowest BCUT2D eigenvalue weighted by Crippen LogP contribution is -2.75. The Balaban J connectivity index is 0.00000461. The SMILES string of the molecule is CCCCN1C(=O)[C@@H]([C@H](O)C2CC=CC2)NC(=O)C12CCN(Cc1ccc(Oc3ccc(NC(C)=O)cc3OC)cc1)CC2.Cl. The Bertz CT molecular complexity index is 1370. The van der Waals surface area contributed by atoms with E-state index in [-0.39, 0.29) is 36.0 Å². The van der Waals surface area contributed by atoms with E-state index in [2.05, 4.69) is 22.5 Å². The van der Waals surface area contributed by atoms with Gasteiger partial charge in [0.1, 0.15) is 17.3 Å². The molecule has 2 aliphatic heterocycles. The van der Waals surface area contributed by atoms with Gasteiger partial charge in [0.05, 0.1) is 13.2 Å². The Morgan fingerprint density at radius 3 is 2.40 bits per heavy atom. The number of piperidine rings is 1. The number of methoxy groups -OCH3 is 1. The molecule has 3 amide bonds. The predicted molar refractivity (Wildman–Crippen MR) is 175 cm³/mol.